The first kappa shape index (κ1) is 11.9. The molecule has 1 aromatic heterocycles. The summed E-state index contributed by atoms with van der Waals surface area (Å²) in [5.74, 6) is 0.967. The van der Waals surface area contributed by atoms with E-state index in [1.807, 2.05) is 0 Å². The van der Waals surface area contributed by atoms with Gasteiger partial charge in [-0.25, -0.2) is 0 Å². The van der Waals surface area contributed by atoms with E-state index in [1.165, 1.54) is 21.2 Å². The topological polar surface area (TPSA) is 21.3 Å². The van der Waals surface area contributed by atoms with E-state index in [1.54, 1.807) is 11.3 Å². The third kappa shape index (κ3) is 1.99. The fourth-order valence-electron chi connectivity index (χ4n) is 2.76. The summed E-state index contributed by atoms with van der Waals surface area (Å²) in [6.07, 6.45) is 0.107. The van der Waals surface area contributed by atoms with Crippen LogP contribution >= 0.6 is 11.3 Å². The average molecular weight is 281 g/mol. The van der Waals surface area contributed by atoms with Gasteiger partial charge in [-0.3, -0.25) is 0 Å². The minimum Gasteiger partial charge on any atom is -0.484 e. The van der Waals surface area contributed by atoms with E-state index < -0.39 is 0 Å². The number of ether oxygens (including phenoxy) is 1. The molecule has 0 fully saturated rings. The van der Waals surface area contributed by atoms with Gasteiger partial charge in [-0.05, 0) is 22.9 Å². The molecular formula is C17H15NOS. The molecule has 1 unspecified atom stereocenters. The van der Waals surface area contributed by atoms with Gasteiger partial charge in [0.25, 0.3) is 0 Å². The highest BCUT2D eigenvalue weighted by Crippen LogP contribution is 2.33. The fraction of sp³-hybridized carbons (Fsp3) is 0.176. The average Bonchev–Trinajstić information content (AvgIpc) is 2.97. The van der Waals surface area contributed by atoms with Crippen LogP contribution in [0.25, 0.3) is 10.8 Å². The Labute approximate surface area is 122 Å². The molecule has 0 saturated carbocycles. The SMILES string of the molecule is c1ccc2c(OC3CNCc4sccc43)cccc2c1. The number of fused-ring (bicyclic) bond motifs is 2. The van der Waals surface area contributed by atoms with E-state index in [9.17, 15) is 0 Å². The predicted molar refractivity (Wildman–Crippen MR) is 83.3 cm³/mol. The van der Waals surface area contributed by atoms with E-state index in [2.05, 4.69) is 59.2 Å². The van der Waals surface area contributed by atoms with E-state index in [0.717, 1.165) is 18.8 Å². The third-order valence-corrected chi connectivity index (χ3v) is 4.70. The minimum absolute atomic E-state index is 0.107. The van der Waals surface area contributed by atoms with Gasteiger partial charge in [0.2, 0.25) is 0 Å². The van der Waals surface area contributed by atoms with Crippen molar-refractivity contribution in [3.63, 3.8) is 0 Å². The van der Waals surface area contributed by atoms with Gasteiger partial charge in [-0.1, -0.05) is 36.4 Å². The van der Waals surface area contributed by atoms with E-state index in [-0.39, 0.29) is 6.10 Å². The van der Waals surface area contributed by atoms with Crippen LogP contribution < -0.4 is 10.1 Å². The summed E-state index contributed by atoms with van der Waals surface area (Å²) < 4.78 is 6.30. The summed E-state index contributed by atoms with van der Waals surface area (Å²) in [6, 6.07) is 16.8. The Kier molecular flexibility index (Phi) is 2.94. The minimum atomic E-state index is 0.107. The van der Waals surface area contributed by atoms with Crippen molar-refractivity contribution >= 4 is 22.1 Å². The lowest BCUT2D eigenvalue weighted by molar-refractivity contribution is 0.195. The van der Waals surface area contributed by atoms with Crippen molar-refractivity contribution in [1.29, 1.82) is 0 Å². The Morgan fingerprint density at radius 2 is 1.95 bits per heavy atom. The van der Waals surface area contributed by atoms with Gasteiger partial charge in [0.15, 0.2) is 0 Å². The van der Waals surface area contributed by atoms with Crippen molar-refractivity contribution in [2.75, 3.05) is 6.54 Å². The maximum absolute atomic E-state index is 6.30. The van der Waals surface area contributed by atoms with Gasteiger partial charge in [0.05, 0.1) is 0 Å². The van der Waals surface area contributed by atoms with Crippen molar-refractivity contribution in [2.45, 2.75) is 12.6 Å². The highest BCUT2D eigenvalue weighted by atomic mass is 32.1. The molecule has 0 amide bonds. The van der Waals surface area contributed by atoms with Crippen LogP contribution in [-0.4, -0.2) is 6.54 Å². The first-order valence-electron chi connectivity index (χ1n) is 6.83. The van der Waals surface area contributed by atoms with Crippen molar-refractivity contribution < 1.29 is 4.74 Å². The first-order chi connectivity index (χ1) is 9.92. The summed E-state index contributed by atoms with van der Waals surface area (Å²) in [5, 5.41) is 7.98. The van der Waals surface area contributed by atoms with E-state index in [0.29, 0.717) is 0 Å². The molecule has 1 atom stereocenters. The largest absolute Gasteiger partial charge is 0.484 e. The monoisotopic (exact) mass is 281 g/mol. The maximum Gasteiger partial charge on any atom is 0.137 e. The zero-order valence-electron chi connectivity index (χ0n) is 11.0. The van der Waals surface area contributed by atoms with Gasteiger partial charge >= 0.3 is 0 Å². The number of thiophene rings is 1. The molecule has 1 aliphatic rings. The third-order valence-electron chi connectivity index (χ3n) is 3.76. The number of nitrogens with one attached hydrogen (secondary N) is 1. The lowest BCUT2D eigenvalue weighted by Gasteiger charge is -2.25. The van der Waals surface area contributed by atoms with Gasteiger partial charge in [-0.2, -0.15) is 0 Å². The number of rotatable bonds is 2. The maximum atomic E-state index is 6.30. The summed E-state index contributed by atoms with van der Waals surface area (Å²) in [4.78, 5) is 1.39. The highest BCUT2D eigenvalue weighted by molar-refractivity contribution is 7.10. The predicted octanol–water partition coefficient (Wildman–Crippen LogP) is 4.12. The van der Waals surface area contributed by atoms with Gasteiger partial charge in [-0.15, -0.1) is 11.3 Å². The number of benzene rings is 2. The normalized spacial score (nSPS) is 17.9. The molecule has 3 aromatic rings. The molecule has 3 heteroatoms. The Balaban J connectivity index is 1.73. The Hall–Kier alpha value is -1.84. The molecule has 0 bridgehead atoms. The summed E-state index contributed by atoms with van der Waals surface area (Å²) >= 11 is 1.80. The quantitative estimate of drug-likeness (QED) is 0.762. The molecule has 0 spiro atoms. The molecule has 1 aliphatic heterocycles. The summed E-state index contributed by atoms with van der Waals surface area (Å²) in [5.41, 5.74) is 1.33. The summed E-state index contributed by atoms with van der Waals surface area (Å²) in [6.45, 7) is 1.83. The number of hydrogen-bond acceptors (Lipinski definition) is 3. The van der Waals surface area contributed by atoms with Crippen LogP contribution in [0.1, 0.15) is 16.5 Å². The second kappa shape index (κ2) is 4.93. The van der Waals surface area contributed by atoms with Crippen LogP contribution in [0.2, 0.25) is 0 Å². The lowest BCUT2D eigenvalue weighted by atomic mass is 10.1. The van der Waals surface area contributed by atoms with Crippen LogP contribution in [0.3, 0.4) is 0 Å². The highest BCUT2D eigenvalue weighted by Gasteiger charge is 2.22. The van der Waals surface area contributed by atoms with Crippen molar-refractivity contribution in [3.8, 4) is 5.75 Å². The molecule has 1 N–H and O–H groups in total. The molecule has 0 saturated heterocycles. The van der Waals surface area contributed by atoms with Crippen molar-refractivity contribution in [3.05, 3.63) is 64.4 Å². The molecule has 2 heterocycles. The van der Waals surface area contributed by atoms with Crippen LogP contribution in [-0.2, 0) is 6.54 Å². The van der Waals surface area contributed by atoms with Gasteiger partial charge < -0.3 is 10.1 Å². The Morgan fingerprint density at radius 3 is 2.95 bits per heavy atom. The standard InChI is InChI=1S/C17H15NOS/c1-2-6-13-12(4-1)5-3-7-15(13)19-16-10-18-11-17-14(16)8-9-20-17/h1-9,16,18H,10-11H2. The molecule has 0 radical (unpaired) electrons. The Bertz CT molecular complexity index is 744. The fourth-order valence-corrected chi connectivity index (χ4v) is 3.66. The smallest absolute Gasteiger partial charge is 0.137 e. The zero-order chi connectivity index (χ0) is 13.4. The second-order valence-electron chi connectivity index (χ2n) is 5.01. The van der Waals surface area contributed by atoms with Crippen LogP contribution in [0, 0.1) is 0 Å². The lowest BCUT2D eigenvalue weighted by Crippen LogP contribution is -2.30. The molecule has 0 aliphatic carbocycles. The molecule has 2 aromatic carbocycles. The molecule has 20 heavy (non-hydrogen) atoms. The van der Waals surface area contributed by atoms with Crippen molar-refractivity contribution in [2.24, 2.45) is 0 Å². The van der Waals surface area contributed by atoms with Crippen molar-refractivity contribution in [1.82, 2.24) is 5.32 Å². The first-order valence-corrected chi connectivity index (χ1v) is 7.71. The summed E-state index contributed by atoms with van der Waals surface area (Å²) in [7, 11) is 0. The molecular weight excluding hydrogens is 266 g/mol. The number of hydrogen-bond donors (Lipinski definition) is 1. The van der Waals surface area contributed by atoms with Gasteiger partial charge in [0, 0.05) is 28.9 Å². The Morgan fingerprint density at radius 1 is 1.05 bits per heavy atom. The van der Waals surface area contributed by atoms with Crippen LogP contribution in [0.5, 0.6) is 5.75 Å². The second-order valence-corrected chi connectivity index (χ2v) is 6.01. The van der Waals surface area contributed by atoms with E-state index >= 15 is 0 Å². The van der Waals surface area contributed by atoms with Crippen LogP contribution in [0.4, 0.5) is 0 Å². The van der Waals surface area contributed by atoms with E-state index in [4.69, 9.17) is 4.74 Å². The van der Waals surface area contributed by atoms with Crippen LogP contribution in [0.15, 0.2) is 53.9 Å². The molecule has 100 valence electrons. The molecule has 4 rings (SSSR count). The van der Waals surface area contributed by atoms with Gasteiger partial charge in [0.1, 0.15) is 11.9 Å². The zero-order valence-corrected chi connectivity index (χ0v) is 11.8. The molecule has 2 nitrogen and oxygen atoms in total.